The molecule has 0 aromatic heterocycles. The predicted molar refractivity (Wildman–Crippen MR) is 67.5 cm³/mol. The van der Waals surface area contributed by atoms with Gasteiger partial charge < -0.3 is 9.64 Å². The molecule has 1 amide bonds. The van der Waals surface area contributed by atoms with E-state index in [1.165, 1.54) is 0 Å². The average molecular weight is 254 g/mol. The van der Waals surface area contributed by atoms with Crippen molar-refractivity contribution in [3.63, 3.8) is 0 Å². The third-order valence-corrected chi connectivity index (χ3v) is 3.42. The number of methoxy groups -OCH3 is 1. The Labute approximate surface area is 106 Å². The molecule has 1 heterocycles. The number of likely N-dealkylation sites (tertiary alicyclic amines) is 1. The van der Waals surface area contributed by atoms with Crippen LogP contribution < -0.4 is 0 Å². The fourth-order valence-corrected chi connectivity index (χ4v) is 2.37. The minimum Gasteiger partial charge on any atom is -0.380 e. The standard InChI is InChI=1S/C13H16ClNO2/c1-9-7-10(14)3-4-12(9)13(16)15-6-5-11(8-15)17-2/h3-4,7,11H,5-6,8H2,1-2H3/t11-/m0/s1. The number of benzene rings is 1. The molecule has 1 saturated heterocycles. The lowest BCUT2D eigenvalue weighted by Crippen LogP contribution is -2.30. The van der Waals surface area contributed by atoms with E-state index in [0.29, 0.717) is 11.6 Å². The number of carbonyl (C=O) groups is 1. The molecular weight excluding hydrogens is 238 g/mol. The van der Waals surface area contributed by atoms with E-state index in [0.717, 1.165) is 24.1 Å². The van der Waals surface area contributed by atoms with Crippen molar-refractivity contribution >= 4 is 17.5 Å². The van der Waals surface area contributed by atoms with E-state index in [4.69, 9.17) is 16.3 Å². The van der Waals surface area contributed by atoms with Crippen LogP contribution in [0.15, 0.2) is 18.2 Å². The lowest BCUT2D eigenvalue weighted by Gasteiger charge is -2.17. The lowest BCUT2D eigenvalue weighted by atomic mass is 10.1. The maximum Gasteiger partial charge on any atom is 0.254 e. The number of amides is 1. The molecule has 92 valence electrons. The fraction of sp³-hybridized carbons (Fsp3) is 0.462. The topological polar surface area (TPSA) is 29.5 Å². The first-order chi connectivity index (χ1) is 8.11. The molecule has 0 aliphatic carbocycles. The summed E-state index contributed by atoms with van der Waals surface area (Å²) in [5.41, 5.74) is 1.65. The van der Waals surface area contributed by atoms with E-state index in [9.17, 15) is 4.79 Å². The van der Waals surface area contributed by atoms with Crippen molar-refractivity contribution < 1.29 is 9.53 Å². The van der Waals surface area contributed by atoms with Gasteiger partial charge in [0.05, 0.1) is 6.10 Å². The largest absolute Gasteiger partial charge is 0.380 e. The van der Waals surface area contributed by atoms with Crippen molar-refractivity contribution in [2.45, 2.75) is 19.4 Å². The Morgan fingerprint density at radius 3 is 2.88 bits per heavy atom. The van der Waals surface area contributed by atoms with Gasteiger partial charge in [-0.2, -0.15) is 0 Å². The highest BCUT2D eigenvalue weighted by atomic mass is 35.5. The molecular formula is C13H16ClNO2. The fourth-order valence-electron chi connectivity index (χ4n) is 2.14. The van der Waals surface area contributed by atoms with Gasteiger partial charge >= 0.3 is 0 Å². The van der Waals surface area contributed by atoms with E-state index >= 15 is 0 Å². The van der Waals surface area contributed by atoms with E-state index in [-0.39, 0.29) is 12.0 Å². The number of ether oxygens (including phenoxy) is 1. The summed E-state index contributed by atoms with van der Waals surface area (Å²) in [7, 11) is 1.69. The number of aryl methyl sites for hydroxylation is 1. The maximum atomic E-state index is 12.3. The molecule has 0 spiro atoms. The molecule has 1 atom stereocenters. The molecule has 0 unspecified atom stereocenters. The van der Waals surface area contributed by atoms with Crippen LogP contribution in [0.25, 0.3) is 0 Å². The SMILES string of the molecule is CO[C@H]1CCN(C(=O)c2ccc(Cl)cc2C)C1. The molecule has 0 N–H and O–H groups in total. The summed E-state index contributed by atoms with van der Waals surface area (Å²) < 4.78 is 5.26. The molecule has 0 bridgehead atoms. The van der Waals surface area contributed by atoms with Crippen LogP contribution in [-0.2, 0) is 4.74 Å². The Kier molecular flexibility index (Phi) is 3.69. The smallest absolute Gasteiger partial charge is 0.254 e. The van der Waals surface area contributed by atoms with Gasteiger partial charge in [-0.05, 0) is 37.1 Å². The Balaban J connectivity index is 2.15. The van der Waals surface area contributed by atoms with E-state index in [1.807, 2.05) is 17.9 Å². The predicted octanol–water partition coefficient (Wildman–Crippen LogP) is 2.51. The van der Waals surface area contributed by atoms with Crippen LogP contribution in [0.4, 0.5) is 0 Å². The van der Waals surface area contributed by atoms with Gasteiger partial charge in [0.25, 0.3) is 5.91 Å². The lowest BCUT2D eigenvalue weighted by molar-refractivity contribution is 0.0723. The zero-order valence-electron chi connectivity index (χ0n) is 10.1. The number of rotatable bonds is 2. The summed E-state index contributed by atoms with van der Waals surface area (Å²) in [5.74, 6) is 0.0683. The number of halogens is 1. The zero-order valence-corrected chi connectivity index (χ0v) is 10.8. The van der Waals surface area contributed by atoms with Crippen LogP contribution in [0.3, 0.4) is 0 Å². The Bertz CT molecular complexity index is 433. The third kappa shape index (κ3) is 2.61. The summed E-state index contributed by atoms with van der Waals surface area (Å²) in [6.45, 7) is 3.35. The van der Waals surface area contributed by atoms with Crippen molar-refractivity contribution in [2.75, 3.05) is 20.2 Å². The van der Waals surface area contributed by atoms with Gasteiger partial charge in [0.1, 0.15) is 0 Å². The third-order valence-electron chi connectivity index (χ3n) is 3.18. The molecule has 0 saturated carbocycles. The van der Waals surface area contributed by atoms with E-state index in [1.54, 1.807) is 19.2 Å². The highest BCUT2D eigenvalue weighted by Gasteiger charge is 2.27. The second-order valence-corrected chi connectivity index (χ2v) is 4.79. The van der Waals surface area contributed by atoms with Crippen LogP contribution in [0.2, 0.25) is 5.02 Å². The summed E-state index contributed by atoms with van der Waals surface area (Å²) in [4.78, 5) is 14.1. The van der Waals surface area contributed by atoms with Gasteiger partial charge in [-0.1, -0.05) is 11.6 Å². The highest BCUT2D eigenvalue weighted by molar-refractivity contribution is 6.30. The first-order valence-corrected chi connectivity index (χ1v) is 6.08. The molecule has 2 rings (SSSR count). The molecule has 1 aromatic carbocycles. The second-order valence-electron chi connectivity index (χ2n) is 4.36. The minimum absolute atomic E-state index is 0.0683. The summed E-state index contributed by atoms with van der Waals surface area (Å²) >= 11 is 5.88. The maximum absolute atomic E-state index is 12.3. The van der Waals surface area contributed by atoms with Gasteiger partial charge in [-0.25, -0.2) is 0 Å². The average Bonchev–Trinajstić information content (AvgIpc) is 2.76. The van der Waals surface area contributed by atoms with E-state index < -0.39 is 0 Å². The number of hydrogen-bond acceptors (Lipinski definition) is 2. The Morgan fingerprint density at radius 2 is 2.29 bits per heavy atom. The molecule has 1 aliphatic rings. The van der Waals surface area contributed by atoms with Crippen molar-refractivity contribution in [3.05, 3.63) is 34.3 Å². The van der Waals surface area contributed by atoms with Crippen LogP contribution >= 0.6 is 11.6 Å². The van der Waals surface area contributed by atoms with Crippen LogP contribution in [-0.4, -0.2) is 37.1 Å². The van der Waals surface area contributed by atoms with Crippen LogP contribution in [0.5, 0.6) is 0 Å². The summed E-state index contributed by atoms with van der Waals surface area (Å²) in [6.07, 6.45) is 1.08. The molecule has 17 heavy (non-hydrogen) atoms. The molecule has 3 nitrogen and oxygen atoms in total. The molecule has 4 heteroatoms. The Morgan fingerprint density at radius 1 is 1.53 bits per heavy atom. The minimum atomic E-state index is 0.0683. The monoisotopic (exact) mass is 253 g/mol. The Hall–Kier alpha value is -1.06. The van der Waals surface area contributed by atoms with Crippen molar-refractivity contribution in [1.29, 1.82) is 0 Å². The van der Waals surface area contributed by atoms with Gasteiger partial charge in [-0.15, -0.1) is 0 Å². The van der Waals surface area contributed by atoms with Gasteiger partial charge in [0.2, 0.25) is 0 Å². The van der Waals surface area contributed by atoms with Crippen LogP contribution in [0, 0.1) is 6.92 Å². The van der Waals surface area contributed by atoms with E-state index in [2.05, 4.69) is 0 Å². The van der Waals surface area contributed by atoms with Gasteiger partial charge in [0, 0.05) is 30.8 Å². The number of carbonyl (C=O) groups excluding carboxylic acids is 1. The van der Waals surface area contributed by atoms with Gasteiger partial charge in [0.15, 0.2) is 0 Å². The van der Waals surface area contributed by atoms with Crippen LogP contribution in [0.1, 0.15) is 22.3 Å². The molecule has 0 radical (unpaired) electrons. The normalized spacial score (nSPS) is 19.7. The highest BCUT2D eigenvalue weighted by Crippen LogP contribution is 2.20. The summed E-state index contributed by atoms with van der Waals surface area (Å²) in [5, 5.41) is 0.662. The molecule has 1 fully saturated rings. The molecule has 1 aliphatic heterocycles. The van der Waals surface area contributed by atoms with Gasteiger partial charge in [-0.3, -0.25) is 4.79 Å². The molecule has 1 aromatic rings. The number of hydrogen-bond donors (Lipinski definition) is 0. The first kappa shape index (κ1) is 12.4. The number of nitrogens with zero attached hydrogens (tertiary/aromatic N) is 1. The van der Waals surface area contributed by atoms with Crippen molar-refractivity contribution in [3.8, 4) is 0 Å². The second kappa shape index (κ2) is 5.07. The summed E-state index contributed by atoms with van der Waals surface area (Å²) in [6, 6.07) is 5.37. The quantitative estimate of drug-likeness (QED) is 0.811. The van der Waals surface area contributed by atoms with Crippen molar-refractivity contribution in [2.24, 2.45) is 0 Å². The van der Waals surface area contributed by atoms with Crippen molar-refractivity contribution in [1.82, 2.24) is 4.90 Å². The zero-order chi connectivity index (χ0) is 12.4. The first-order valence-electron chi connectivity index (χ1n) is 5.70.